The third kappa shape index (κ3) is 4.93. The molecule has 0 unspecified atom stereocenters. The average Bonchev–Trinajstić information content (AvgIpc) is 3.13. The molecule has 8 nitrogen and oxygen atoms in total. The summed E-state index contributed by atoms with van der Waals surface area (Å²) in [5.41, 5.74) is 0.525. The van der Waals surface area contributed by atoms with Crippen molar-refractivity contribution in [1.82, 2.24) is 4.72 Å². The van der Waals surface area contributed by atoms with Crippen LogP contribution in [0.4, 0.5) is 5.69 Å². The van der Waals surface area contributed by atoms with Gasteiger partial charge in [-0.3, -0.25) is 14.9 Å². The van der Waals surface area contributed by atoms with Crippen LogP contribution in [0.1, 0.15) is 5.56 Å². The van der Waals surface area contributed by atoms with Crippen LogP contribution in [0.25, 0.3) is 10.1 Å². The standard InChI is InChI=1S/C18H16N2O6S3/c1-27-17-7-6-13(8-15(17)20(22)23)29(24,25)19-9-18(21)26-10-12-11-28-16-5-3-2-4-14(12)16/h2-8,11,19H,9-10H2,1H3. The summed E-state index contributed by atoms with van der Waals surface area (Å²) < 4.78 is 33.1. The van der Waals surface area contributed by atoms with Gasteiger partial charge in [0.05, 0.1) is 14.7 Å². The summed E-state index contributed by atoms with van der Waals surface area (Å²) in [6.07, 6.45) is 1.65. The summed E-state index contributed by atoms with van der Waals surface area (Å²) in [4.78, 5) is 22.5. The highest BCUT2D eigenvalue weighted by Crippen LogP contribution is 2.30. The molecule has 3 aromatic rings. The Morgan fingerprint density at radius 2 is 2.03 bits per heavy atom. The van der Waals surface area contributed by atoms with Gasteiger partial charge in [-0.1, -0.05) is 18.2 Å². The quantitative estimate of drug-likeness (QED) is 0.240. The Balaban J connectivity index is 1.63. The van der Waals surface area contributed by atoms with Crippen LogP contribution in [0, 0.1) is 10.1 Å². The molecular weight excluding hydrogens is 436 g/mol. The fraction of sp³-hybridized carbons (Fsp3) is 0.167. The number of nitro benzene ring substituents is 1. The molecule has 3 rings (SSSR count). The predicted molar refractivity (Wildman–Crippen MR) is 112 cm³/mol. The Hall–Kier alpha value is -2.47. The first-order valence-electron chi connectivity index (χ1n) is 8.24. The number of hydrogen-bond donors (Lipinski definition) is 1. The van der Waals surface area contributed by atoms with Gasteiger partial charge >= 0.3 is 5.97 Å². The molecule has 0 aliphatic rings. The van der Waals surface area contributed by atoms with Gasteiger partial charge in [-0.2, -0.15) is 4.72 Å². The van der Waals surface area contributed by atoms with Crippen LogP contribution in [0.15, 0.2) is 57.6 Å². The SMILES string of the molecule is CSc1ccc(S(=O)(=O)NCC(=O)OCc2csc3ccccc23)cc1[N+](=O)[O-]. The van der Waals surface area contributed by atoms with Crippen LogP contribution >= 0.6 is 23.1 Å². The van der Waals surface area contributed by atoms with Crippen molar-refractivity contribution in [2.24, 2.45) is 0 Å². The maximum atomic E-state index is 12.4. The van der Waals surface area contributed by atoms with Crippen LogP contribution in [0.2, 0.25) is 0 Å². The Morgan fingerprint density at radius 1 is 1.28 bits per heavy atom. The molecule has 1 aromatic heterocycles. The van der Waals surface area contributed by atoms with Crippen molar-refractivity contribution in [3.8, 4) is 0 Å². The zero-order valence-corrected chi connectivity index (χ0v) is 17.6. The summed E-state index contributed by atoms with van der Waals surface area (Å²) in [6, 6.07) is 11.3. The zero-order valence-electron chi connectivity index (χ0n) is 15.2. The molecule has 0 amide bonds. The molecule has 11 heteroatoms. The lowest BCUT2D eigenvalue weighted by Gasteiger charge is -2.08. The van der Waals surface area contributed by atoms with Gasteiger partial charge in [-0.15, -0.1) is 23.1 Å². The van der Waals surface area contributed by atoms with Crippen molar-refractivity contribution in [3.63, 3.8) is 0 Å². The van der Waals surface area contributed by atoms with Crippen molar-refractivity contribution in [1.29, 1.82) is 0 Å². The van der Waals surface area contributed by atoms with Gasteiger partial charge < -0.3 is 4.74 Å². The second-order valence-corrected chi connectivity index (χ2v) is 9.36. The minimum absolute atomic E-state index is 0.0263. The number of ether oxygens (including phenoxy) is 1. The van der Waals surface area contributed by atoms with Crippen LogP contribution in [-0.4, -0.2) is 32.1 Å². The number of thioether (sulfide) groups is 1. The normalized spacial score (nSPS) is 11.5. The van der Waals surface area contributed by atoms with Crippen molar-refractivity contribution in [3.05, 3.63) is 63.5 Å². The lowest BCUT2D eigenvalue weighted by Crippen LogP contribution is -2.30. The van der Waals surface area contributed by atoms with Gasteiger partial charge in [-0.25, -0.2) is 8.42 Å². The van der Waals surface area contributed by atoms with Crippen molar-refractivity contribution in [2.45, 2.75) is 16.4 Å². The molecule has 0 bridgehead atoms. The number of benzene rings is 2. The first-order valence-corrected chi connectivity index (χ1v) is 11.8. The second kappa shape index (κ2) is 8.91. The molecule has 2 aromatic carbocycles. The molecular formula is C18H16N2O6S3. The first-order chi connectivity index (χ1) is 13.8. The molecule has 0 radical (unpaired) electrons. The van der Waals surface area contributed by atoms with E-state index in [1.807, 2.05) is 29.6 Å². The monoisotopic (exact) mass is 452 g/mol. The summed E-state index contributed by atoms with van der Waals surface area (Å²) in [7, 11) is -4.11. The number of nitro groups is 1. The van der Waals surface area contributed by atoms with E-state index < -0.39 is 27.5 Å². The Labute approximate surface area is 175 Å². The number of hydrogen-bond acceptors (Lipinski definition) is 8. The van der Waals surface area contributed by atoms with Crippen molar-refractivity contribution >= 4 is 54.9 Å². The van der Waals surface area contributed by atoms with Crippen LogP contribution in [0.5, 0.6) is 0 Å². The van der Waals surface area contributed by atoms with Gasteiger partial charge in [0.1, 0.15) is 13.2 Å². The molecule has 0 saturated heterocycles. The third-order valence-corrected chi connectivity index (χ3v) is 7.21. The molecule has 0 aliphatic carbocycles. The topological polar surface area (TPSA) is 116 Å². The second-order valence-electron chi connectivity index (χ2n) is 5.83. The number of fused-ring (bicyclic) bond motifs is 1. The number of sulfonamides is 1. The minimum Gasteiger partial charge on any atom is -0.460 e. The average molecular weight is 453 g/mol. The number of rotatable bonds is 8. The fourth-order valence-electron chi connectivity index (χ4n) is 2.57. The van der Waals surface area contributed by atoms with Crippen LogP contribution in [-0.2, 0) is 26.2 Å². The Morgan fingerprint density at radius 3 is 2.76 bits per heavy atom. The largest absolute Gasteiger partial charge is 0.460 e. The maximum Gasteiger partial charge on any atom is 0.321 e. The van der Waals surface area contributed by atoms with E-state index in [1.54, 1.807) is 6.26 Å². The van der Waals surface area contributed by atoms with E-state index in [2.05, 4.69) is 4.72 Å². The fourth-order valence-corrected chi connectivity index (χ4v) is 5.05. The van der Waals surface area contributed by atoms with E-state index in [1.165, 1.54) is 23.5 Å². The van der Waals surface area contributed by atoms with Crippen molar-refractivity contribution in [2.75, 3.05) is 12.8 Å². The highest BCUT2D eigenvalue weighted by Gasteiger charge is 2.22. The van der Waals surface area contributed by atoms with E-state index in [9.17, 15) is 23.3 Å². The molecule has 0 saturated carbocycles. The van der Waals surface area contributed by atoms with Crippen LogP contribution in [0.3, 0.4) is 0 Å². The summed E-state index contributed by atoms with van der Waals surface area (Å²) in [5.74, 6) is -0.751. The highest BCUT2D eigenvalue weighted by atomic mass is 32.2. The van der Waals surface area contributed by atoms with E-state index in [-0.39, 0.29) is 17.2 Å². The molecule has 0 spiro atoms. The Kier molecular flexibility index (Phi) is 6.52. The third-order valence-electron chi connectivity index (χ3n) is 4.01. The number of esters is 1. The van der Waals surface area contributed by atoms with Gasteiger partial charge in [0.25, 0.3) is 5.69 Å². The van der Waals surface area contributed by atoms with Gasteiger partial charge in [0.2, 0.25) is 10.0 Å². The molecule has 0 aliphatic heterocycles. The maximum absolute atomic E-state index is 12.4. The smallest absolute Gasteiger partial charge is 0.321 e. The van der Waals surface area contributed by atoms with E-state index in [0.29, 0.717) is 4.90 Å². The molecule has 0 atom stereocenters. The lowest BCUT2D eigenvalue weighted by molar-refractivity contribution is -0.387. The van der Waals surface area contributed by atoms with Gasteiger partial charge in [-0.05, 0) is 35.2 Å². The number of carbonyl (C=O) groups is 1. The van der Waals surface area contributed by atoms with E-state index in [4.69, 9.17) is 4.74 Å². The molecule has 1 heterocycles. The summed E-state index contributed by atoms with van der Waals surface area (Å²) in [6.45, 7) is -0.555. The number of nitrogens with one attached hydrogen (secondary N) is 1. The highest BCUT2D eigenvalue weighted by molar-refractivity contribution is 7.98. The van der Waals surface area contributed by atoms with Crippen molar-refractivity contribution < 1.29 is 22.9 Å². The molecule has 152 valence electrons. The number of thiophene rings is 1. The number of nitrogens with zero attached hydrogens (tertiary/aromatic N) is 1. The minimum atomic E-state index is -4.11. The summed E-state index contributed by atoms with van der Waals surface area (Å²) >= 11 is 2.66. The van der Waals surface area contributed by atoms with E-state index >= 15 is 0 Å². The van der Waals surface area contributed by atoms with Gasteiger partial charge in [0, 0.05) is 16.3 Å². The van der Waals surface area contributed by atoms with Gasteiger partial charge in [0.15, 0.2) is 0 Å². The predicted octanol–water partition coefficient (Wildman–Crippen LogP) is 3.55. The first kappa shape index (κ1) is 21.2. The molecule has 0 fully saturated rings. The lowest BCUT2D eigenvalue weighted by atomic mass is 10.2. The molecule has 29 heavy (non-hydrogen) atoms. The Bertz CT molecular complexity index is 1170. The van der Waals surface area contributed by atoms with Crippen LogP contribution < -0.4 is 4.72 Å². The molecule has 1 N–H and O–H groups in total. The van der Waals surface area contributed by atoms with E-state index in [0.717, 1.165) is 33.5 Å². The zero-order chi connectivity index (χ0) is 21.0. The number of carbonyl (C=O) groups excluding carboxylic acids is 1. The summed E-state index contributed by atoms with van der Waals surface area (Å²) in [5, 5.41) is 14.0.